The van der Waals surface area contributed by atoms with Gasteiger partial charge in [0.25, 0.3) is 0 Å². The number of methoxy groups -OCH3 is 1. The smallest absolute Gasteiger partial charge is 0.123 e. The summed E-state index contributed by atoms with van der Waals surface area (Å²) in [5, 5.41) is 0. The van der Waals surface area contributed by atoms with Crippen LogP contribution in [0, 0.1) is 11.7 Å². The molecule has 1 aromatic rings. The molecule has 0 aliphatic rings. The quantitative estimate of drug-likeness (QED) is 0.828. The van der Waals surface area contributed by atoms with Crippen LogP contribution in [0.2, 0.25) is 0 Å². The molecule has 0 aromatic heterocycles. The van der Waals surface area contributed by atoms with E-state index in [0.717, 1.165) is 12.0 Å². The molecule has 3 heteroatoms. The predicted octanol–water partition coefficient (Wildman–Crippen LogP) is 2.76. The van der Waals surface area contributed by atoms with Gasteiger partial charge in [0.1, 0.15) is 5.82 Å². The maximum absolute atomic E-state index is 13.1. The summed E-state index contributed by atoms with van der Waals surface area (Å²) in [6.45, 7) is 4.83. The van der Waals surface area contributed by atoms with Crippen molar-refractivity contribution in [3.05, 3.63) is 35.6 Å². The van der Waals surface area contributed by atoms with Gasteiger partial charge in [-0.05, 0) is 43.4 Å². The van der Waals surface area contributed by atoms with E-state index in [2.05, 4.69) is 6.92 Å². The van der Waals surface area contributed by atoms with Gasteiger partial charge < -0.3 is 10.5 Å². The van der Waals surface area contributed by atoms with E-state index >= 15 is 0 Å². The first-order valence-corrected chi connectivity index (χ1v) is 5.98. The van der Waals surface area contributed by atoms with Crippen molar-refractivity contribution in [1.29, 1.82) is 0 Å². The minimum Gasteiger partial charge on any atom is -0.385 e. The highest BCUT2D eigenvalue weighted by Crippen LogP contribution is 2.22. The lowest BCUT2D eigenvalue weighted by Gasteiger charge is -2.32. The summed E-state index contributed by atoms with van der Waals surface area (Å²) >= 11 is 0. The predicted molar refractivity (Wildman–Crippen MR) is 68.4 cm³/mol. The number of hydrogen-bond acceptors (Lipinski definition) is 2. The van der Waals surface area contributed by atoms with E-state index in [4.69, 9.17) is 10.5 Å². The molecule has 2 unspecified atom stereocenters. The molecule has 1 aromatic carbocycles. The first-order chi connectivity index (χ1) is 7.95. The molecule has 0 amide bonds. The fraction of sp³-hybridized carbons (Fsp3) is 0.571. The summed E-state index contributed by atoms with van der Waals surface area (Å²) in [5.74, 6) is 0.119. The SMILES string of the molecule is COCCC(C)C(C)(N)Cc1cccc(F)c1. The van der Waals surface area contributed by atoms with Crippen molar-refractivity contribution in [2.24, 2.45) is 11.7 Å². The molecule has 0 radical (unpaired) electrons. The van der Waals surface area contributed by atoms with E-state index in [0.29, 0.717) is 18.9 Å². The lowest BCUT2D eigenvalue weighted by molar-refractivity contribution is 0.159. The minimum absolute atomic E-state index is 0.206. The summed E-state index contributed by atoms with van der Waals surface area (Å²) < 4.78 is 18.1. The normalized spacial score (nSPS) is 16.5. The molecule has 1 rings (SSSR count). The standard InChI is InChI=1S/C14H22FNO/c1-11(7-8-17-3)14(2,16)10-12-5-4-6-13(15)9-12/h4-6,9,11H,7-8,10,16H2,1-3H3. The van der Waals surface area contributed by atoms with Crippen LogP contribution in [0.1, 0.15) is 25.8 Å². The Balaban J connectivity index is 2.65. The van der Waals surface area contributed by atoms with Gasteiger partial charge in [-0.2, -0.15) is 0 Å². The van der Waals surface area contributed by atoms with Gasteiger partial charge in [-0.1, -0.05) is 19.1 Å². The van der Waals surface area contributed by atoms with Crippen molar-refractivity contribution in [3.63, 3.8) is 0 Å². The van der Waals surface area contributed by atoms with Crippen molar-refractivity contribution in [2.45, 2.75) is 32.2 Å². The Morgan fingerprint density at radius 2 is 2.18 bits per heavy atom. The van der Waals surface area contributed by atoms with E-state index < -0.39 is 0 Å². The second kappa shape index (κ2) is 6.12. The Morgan fingerprint density at radius 1 is 1.47 bits per heavy atom. The molecule has 2 N–H and O–H groups in total. The van der Waals surface area contributed by atoms with Gasteiger partial charge in [-0.25, -0.2) is 4.39 Å². The second-order valence-electron chi connectivity index (χ2n) is 5.00. The third kappa shape index (κ3) is 4.44. The Hall–Kier alpha value is -0.930. The average molecular weight is 239 g/mol. The number of halogens is 1. The molecule has 0 spiro atoms. The summed E-state index contributed by atoms with van der Waals surface area (Å²) in [7, 11) is 1.69. The van der Waals surface area contributed by atoms with Gasteiger partial charge in [0, 0.05) is 19.3 Å². The number of rotatable bonds is 6. The summed E-state index contributed by atoms with van der Waals surface area (Å²) in [6, 6.07) is 6.64. The Kier molecular flexibility index (Phi) is 5.09. The van der Waals surface area contributed by atoms with Crippen molar-refractivity contribution in [1.82, 2.24) is 0 Å². The van der Waals surface area contributed by atoms with E-state index in [1.165, 1.54) is 6.07 Å². The van der Waals surface area contributed by atoms with Crippen LogP contribution in [0.15, 0.2) is 24.3 Å². The Labute approximate surface area is 103 Å². The molecule has 0 aliphatic heterocycles. The van der Waals surface area contributed by atoms with E-state index in [1.54, 1.807) is 19.2 Å². The third-order valence-corrected chi connectivity index (χ3v) is 3.35. The van der Waals surface area contributed by atoms with Crippen LogP contribution in [0.25, 0.3) is 0 Å². The number of hydrogen-bond donors (Lipinski definition) is 1. The largest absolute Gasteiger partial charge is 0.385 e. The van der Waals surface area contributed by atoms with Crippen LogP contribution in [0.3, 0.4) is 0 Å². The zero-order valence-corrected chi connectivity index (χ0v) is 10.9. The molecule has 2 atom stereocenters. The third-order valence-electron chi connectivity index (χ3n) is 3.35. The molecule has 2 nitrogen and oxygen atoms in total. The summed E-state index contributed by atoms with van der Waals surface area (Å²) in [4.78, 5) is 0. The molecular formula is C14H22FNO. The van der Waals surface area contributed by atoms with E-state index in [1.807, 2.05) is 13.0 Å². The van der Waals surface area contributed by atoms with Crippen molar-refractivity contribution in [2.75, 3.05) is 13.7 Å². The highest BCUT2D eigenvalue weighted by atomic mass is 19.1. The molecule has 0 fully saturated rings. The first kappa shape index (κ1) is 14.1. The maximum atomic E-state index is 13.1. The lowest BCUT2D eigenvalue weighted by Crippen LogP contribution is -2.45. The Morgan fingerprint density at radius 3 is 2.76 bits per heavy atom. The van der Waals surface area contributed by atoms with Gasteiger partial charge in [0.15, 0.2) is 0 Å². The fourth-order valence-electron chi connectivity index (χ4n) is 1.89. The average Bonchev–Trinajstić information content (AvgIpc) is 2.25. The highest BCUT2D eigenvalue weighted by molar-refractivity contribution is 5.19. The summed E-state index contributed by atoms with van der Waals surface area (Å²) in [5.41, 5.74) is 6.91. The molecule has 0 aliphatic carbocycles. The highest BCUT2D eigenvalue weighted by Gasteiger charge is 2.26. The lowest BCUT2D eigenvalue weighted by atomic mass is 9.81. The number of ether oxygens (including phenoxy) is 1. The van der Waals surface area contributed by atoms with Crippen LogP contribution in [0.5, 0.6) is 0 Å². The monoisotopic (exact) mass is 239 g/mol. The zero-order chi connectivity index (χ0) is 12.9. The number of benzene rings is 1. The molecule has 96 valence electrons. The van der Waals surface area contributed by atoms with E-state index in [-0.39, 0.29) is 11.4 Å². The molecule has 0 bridgehead atoms. The molecular weight excluding hydrogens is 217 g/mol. The van der Waals surface area contributed by atoms with Crippen LogP contribution in [0.4, 0.5) is 4.39 Å². The molecule has 17 heavy (non-hydrogen) atoms. The molecule has 0 saturated carbocycles. The second-order valence-corrected chi connectivity index (χ2v) is 5.00. The topological polar surface area (TPSA) is 35.2 Å². The number of nitrogens with two attached hydrogens (primary N) is 1. The van der Waals surface area contributed by atoms with Gasteiger partial charge in [0.2, 0.25) is 0 Å². The van der Waals surface area contributed by atoms with Gasteiger partial charge >= 0.3 is 0 Å². The van der Waals surface area contributed by atoms with Gasteiger partial charge in [0.05, 0.1) is 0 Å². The van der Waals surface area contributed by atoms with Crippen molar-refractivity contribution < 1.29 is 9.13 Å². The molecule has 0 saturated heterocycles. The van der Waals surface area contributed by atoms with Crippen molar-refractivity contribution >= 4 is 0 Å². The zero-order valence-electron chi connectivity index (χ0n) is 10.9. The maximum Gasteiger partial charge on any atom is 0.123 e. The van der Waals surface area contributed by atoms with Gasteiger partial charge in [-0.15, -0.1) is 0 Å². The van der Waals surface area contributed by atoms with Crippen LogP contribution in [-0.4, -0.2) is 19.3 Å². The first-order valence-electron chi connectivity index (χ1n) is 5.98. The fourth-order valence-corrected chi connectivity index (χ4v) is 1.89. The minimum atomic E-state index is -0.341. The van der Waals surface area contributed by atoms with Gasteiger partial charge in [-0.3, -0.25) is 0 Å². The Bertz CT molecular complexity index is 352. The summed E-state index contributed by atoms with van der Waals surface area (Å²) in [6.07, 6.45) is 1.59. The molecule has 0 heterocycles. The van der Waals surface area contributed by atoms with Crippen LogP contribution < -0.4 is 5.73 Å². The van der Waals surface area contributed by atoms with Crippen LogP contribution in [-0.2, 0) is 11.2 Å². The van der Waals surface area contributed by atoms with E-state index in [9.17, 15) is 4.39 Å². The van der Waals surface area contributed by atoms with Crippen molar-refractivity contribution in [3.8, 4) is 0 Å². The van der Waals surface area contributed by atoms with Crippen LogP contribution >= 0.6 is 0 Å².